The third-order valence-corrected chi connectivity index (χ3v) is 24.9. The van der Waals surface area contributed by atoms with Gasteiger partial charge in [-0.1, -0.05) is 0 Å². The number of amides is 3. The Morgan fingerprint density at radius 2 is 0.732 bits per heavy atom. The van der Waals surface area contributed by atoms with E-state index in [0.717, 1.165) is 74.1 Å². The molecular formula is C99H106BBrF4K3N26O14P. The number of benzene rings is 4. The topological polar surface area (TPSA) is 470 Å². The van der Waals surface area contributed by atoms with Crippen LogP contribution in [0.2, 0.25) is 0 Å². The first kappa shape index (κ1) is 115. The van der Waals surface area contributed by atoms with Gasteiger partial charge < -0.3 is 83.4 Å². The van der Waals surface area contributed by atoms with Crippen molar-refractivity contribution in [1.82, 2.24) is 117 Å². The van der Waals surface area contributed by atoms with Crippen LogP contribution in [0.1, 0.15) is 139 Å². The number of rotatable bonds is 17. The molecule has 1 atom stereocenters. The van der Waals surface area contributed by atoms with Crippen LogP contribution < -0.4 is 83.9 Å². The second-order valence-electron chi connectivity index (χ2n) is 39.4. The monoisotopic (exact) mass is 2200 g/mol. The molecule has 0 aliphatic carbocycles. The van der Waals surface area contributed by atoms with Crippen LogP contribution in [0.25, 0.3) is 102 Å². The van der Waals surface area contributed by atoms with Crippen molar-refractivity contribution >= 4 is 164 Å². The number of carbonyl (C=O) groups is 5. The number of halogens is 5. The quantitative estimate of drug-likeness (QED) is 0.0190. The van der Waals surface area contributed by atoms with Gasteiger partial charge in [-0.15, -0.1) is 0 Å². The van der Waals surface area contributed by atoms with Gasteiger partial charge in [0.15, 0.2) is 22.6 Å². The molecule has 0 saturated carbocycles. The summed E-state index contributed by atoms with van der Waals surface area (Å²) in [7, 11) is -3.66. The number of aromatic nitrogens is 20. The van der Waals surface area contributed by atoms with Crippen LogP contribution in [0, 0.1) is 23.3 Å². The number of imidazole rings is 8. The molecule has 1 unspecified atom stereocenters. The number of anilines is 2. The van der Waals surface area contributed by atoms with Crippen LogP contribution in [0.15, 0.2) is 200 Å². The van der Waals surface area contributed by atoms with Gasteiger partial charge in [0, 0.05) is 74.6 Å². The number of Topliss-reactive ketones (excluding diaryl/α,β-unsaturated/α-hetero) is 2. The van der Waals surface area contributed by atoms with E-state index in [1.54, 1.807) is 132 Å². The number of ketones is 2. The van der Waals surface area contributed by atoms with E-state index in [9.17, 15) is 41.5 Å². The van der Waals surface area contributed by atoms with E-state index in [4.69, 9.17) is 54.8 Å². The van der Waals surface area contributed by atoms with Crippen molar-refractivity contribution in [3.8, 4) is 79.2 Å². The molecule has 5 aliphatic heterocycles. The number of nitrogens with two attached hydrogens (primary N) is 2. The van der Waals surface area contributed by atoms with E-state index in [1.165, 1.54) is 119 Å². The van der Waals surface area contributed by atoms with Crippen molar-refractivity contribution in [2.75, 3.05) is 63.8 Å². The Bertz CT molecular complexity index is 7500. The zero-order valence-corrected chi connectivity index (χ0v) is 97.3. The first-order chi connectivity index (χ1) is 70.1. The first-order valence-electron chi connectivity index (χ1n) is 47.5. The van der Waals surface area contributed by atoms with Crippen molar-refractivity contribution in [2.45, 2.75) is 169 Å². The maximum absolute atomic E-state index is 13.6. The van der Waals surface area contributed by atoms with E-state index in [1.807, 2.05) is 159 Å². The Kier molecular flexibility index (Phi) is 37.3. The molecule has 4 aromatic carbocycles. The molecule has 12 aromatic heterocycles. The summed E-state index contributed by atoms with van der Waals surface area (Å²) >= 11 is 6.06. The summed E-state index contributed by atoms with van der Waals surface area (Å²) in [5, 5.41) is 30.4. The third kappa shape index (κ3) is 28.4. The molecule has 0 spiro atoms. The molecule has 5 N–H and O–H groups in total. The Balaban J connectivity index is 0.000000146. The van der Waals surface area contributed by atoms with Gasteiger partial charge in [0.2, 0.25) is 0 Å². The Morgan fingerprint density at radius 3 is 1.04 bits per heavy atom. The molecular weight excluding hydrogens is 2090 g/mol. The number of nitrogens with zero attached hydrogens (tertiary/aromatic N) is 23. The van der Waals surface area contributed by atoms with Gasteiger partial charge in [-0.25, -0.2) is 94.6 Å². The summed E-state index contributed by atoms with van der Waals surface area (Å²) in [6.07, 6.45) is 13.4. The number of hydrogen-bond acceptors (Lipinski definition) is 29. The van der Waals surface area contributed by atoms with Crippen molar-refractivity contribution in [1.29, 1.82) is 0 Å². The Morgan fingerprint density at radius 1 is 0.450 bits per heavy atom. The fourth-order valence-electron chi connectivity index (χ4n) is 16.2. The van der Waals surface area contributed by atoms with Crippen molar-refractivity contribution in [2.24, 2.45) is 0 Å². The minimum atomic E-state index is -3.15. The summed E-state index contributed by atoms with van der Waals surface area (Å²) < 4.78 is 109. The predicted molar refractivity (Wildman–Crippen MR) is 543 cm³/mol. The summed E-state index contributed by atoms with van der Waals surface area (Å²) in [5.74, 6) is -0.302. The van der Waals surface area contributed by atoms with Crippen LogP contribution >= 0.6 is 24.2 Å². The van der Waals surface area contributed by atoms with Gasteiger partial charge in [0.05, 0.1) is 149 Å². The van der Waals surface area contributed by atoms with Gasteiger partial charge in [-0.05, 0) is 270 Å². The van der Waals surface area contributed by atoms with E-state index >= 15 is 0 Å². The van der Waals surface area contributed by atoms with Gasteiger partial charge in [0.1, 0.15) is 90.7 Å². The number of carbonyl (C=O) groups excluding carboxylic acids is 5. The normalized spacial score (nSPS) is 15.0. The minimum absolute atomic E-state index is 0. The molecule has 40 nitrogen and oxygen atoms in total. The van der Waals surface area contributed by atoms with Crippen LogP contribution in [-0.2, 0) is 55.2 Å². The van der Waals surface area contributed by atoms with E-state index in [2.05, 4.69) is 85.7 Å². The summed E-state index contributed by atoms with van der Waals surface area (Å²) in [5.41, 5.74) is 24.4. The van der Waals surface area contributed by atoms with Crippen LogP contribution in [0.5, 0.6) is 0 Å². The number of likely N-dealkylation sites (tertiary alicyclic amines) is 3. The Hall–Kier alpha value is -10.0. The molecule has 17 heterocycles. The molecule has 5 saturated heterocycles. The summed E-state index contributed by atoms with van der Waals surface area (Å²) in [6.45, 7) is 32.5. The standard InChI is InChI=1S/C26H27FN6O3.C23H24FN7O2.C18H16FN7.C17H19BrFN3O2.C15H20BN3O3.3K.HO4P/c1-16(34)11-19-12-33-22(29-19)10-9-21(30-33)24-23(17-5-7-18(27)8-6-17)28-15-32(24)20-13-31(14-20)25(35)36-26(2,3)4;1-23(2,3)33-22(32)29-10-16(11-29)30-13-26-20(14-4-6-15(24)7-5-14)21(30)17-8-9-19-27-18(25)12-31(19)28-17;19-12-3-1-11(2-4-12)17-18(25(10-22-17)13-7-21-8-13)14-5-6-16-23-15(20)9-26(16)24-14;1-17(2,3)24-16(23)21-8-13(9-21)22-10-20-14(15(22)18)11-4-6-12(19)7-5-11;1-10(20)8-11-9-19-13(17-11)7-6-12(18-19)16-21-14(2,3)15(4,5)22-16;;;;1-4-5(2)3/h5-10,12,15,20H,11,13-14H2,1-4H3;4-9,12-13,16H,10-11,25H2,1-3H3;1-6,9-10,13,21H,7-8,20H2;4-7,10,13H,8-9H2,1-3H3;6-7,9H,8H2,1-5H3;;;;1H/q;;;;;;;+1;/p-1. The van der Waals surface area contributed by atoms with Crippen molar-refractivity contribution in [3.63, 3.8) is 0 Å². The molecule has 21 rings (SSSR count). The molecule has 0 radical (unpaired) electrons. The molecule has 3 amide bonds. The van der Waals surface area contributed by atoms with Crippen molar-refractivity contribution < 1.29 is 136 Å². The number of nitrogen functional groups attached to an aromatic ring is 2. The van der Waals surface area contributed by atoms with Gasteiger partial charge in [0.25, 0.3) is 0 Å². The third-order valence-electron chi connectivity index (χ3n) is 24.0. The fourth-order valence-corrected chi connectivity index (χ4v) is 16.9. The maximum atomic E-state index is 13.6. The average Bonchev–Trinajstić information content (AvgIpc) is 1.63. The first-order valence-corrected chi connectivity index (χ1v) is 65.4. The zero-order valence-electron chi connectivity index (χ0n) is 85.4. The van der Waals surface area contributed by atoms with Crippen LogP contribution in [-0.4, -0.2) is 292 Å². The van der Waals surface area contributed by atoms with Gasteiger partial charge >= 0.3 is 148 Å². The second kappa shape index (κ2) is 48.5. The van der Waals surface area contributed by atoms with Crippen molar-refractivity contribution in [3.05, 3.63) is 235 Å². The number of ether oxygens (including phenoxy) is 3. The summed E-state index contributed by atoms with van der Waals surface area (Å²) in [4.78, 5) is 109. The molecule has 0 bridgehead atoms. The number of nitrogens with one attached hydrogen (secondary N) is 1. The molecule has 762 valence electrons. The van der Waals surface area contributed by atoms with Crippen LogP contribution in [0.4, 0.5) is 43.6 Å². The molecule has 16 aromatic rings. The molecule has 5 fully saturated rings. The summed E-state index contributed by atoms with van der Waals surface area (Å²) in [6, 6.07) is 40.2. The number of fused-ring (bicyclic) bond motifs is 4. The molecule has 50 heteroatoms. The predicted octanol–water partition coefficient (Wildman–Crippen LogP) is 10.2. The average molecular weight is 2200 g/mol. The Labute approximate surface area is 951 Å². The van der Waals surface area contributed by atoms with Crippen LogP contribution in [0.3, 0.4) is 0 Å². The number of hydrogen-bond donors (Lipinski definition) is 3. The van der Waals surface area contributed by atoms with Gasteiger partial charge in [-0.2, -0.15) is 20.4 Å². The van der Waals surface area contributed by atoms with E-state index < -0.39 is 43.4 Å². The van der Waals surface area contributed by atoms with Gasteiger partial charge in [-0.3, -0.25) is 9.59 Å². The SMILES string of the molecule is CC(=O)Cc1cn2nc(-c3c(-c4ccc(F)cc4)ncn3C3CN(C(=O)OC(C)(C)C)C3)ccc2n1.CC(=O)Cc1cn2nc(B3OC(C)(C)C(C)(C)O3)ccc2n1.CC(C)(C)OC(=O)N1CC(n2cnc(-c3ccc(F)cc3)c2-c2ccc3nc(N)cn3n2)C1.CC(C)(C)OC(=O)N1CC(n2cnc(-c3ccc(F)cc3)c2Br)C1.Nc1cn2nc(-c3c(-c4ccc(F)cc4)ncn3C3CNC3)ccc2n1.O=[P+]([O-])O[O-].[K+].[K][K]. The van der Waals surface area contributed by atoms with E-state index in [0.29, 0.717) is 126 Å². The molecule has 149 heavy (non-hydrogen) atoms. The second-order valence-corrected chi connectivity index (χ2v) is 40.7. The molecule has 5 aliphatic rings. The zero-order chi connectivity index (χ0) is 107. The fraction of sp³-hybridized carbons (Fsp3) is 0.343. The van der Waals surface area contributed by atoms with E-state index in [-0.39, 0.29) is 129 Å².